The molecule has 4 atom stereocenters. The normalized spacial score (nSPS) is 38.2. The van der Waals surface area contributed by atoms with E-state index < -0.39 is 0 Å². The second kappa shape index (κ2) is 6.91. The Balaban J connectivity index is 1.80. The SMILES string of the molecule is CCCNC1CCCC1CN1CC(C)CC(C)C1. The standard InChI is InChI=1S/C16H32N2/c1-4-8-17-16-7-5-6-15(16)12-18-10-13(2)9-14(3)11-18/h13-17H,4-12H2,1-3H3. The number of rotatable bonds is 5. The molecule has 2 nitrogen and oxygen atoms in total. The van der Waals surface area contributed by atoms with E-state index in [2.05, 4.69) is 31.0 Å². The van der Waals surface area contributed by atoms with Crippen LogP contribution in [0.15, 0.2) is 0 Å². The molecule has 0 spiro atoms. The lowest BCUT2D eigenvalue weighted by atomic mass is 9.90. The summed E-state index contributed by atoms with van der Waals surface area (Å²) < 4.78 is 0. The highest BCUT2D eigenvalue weighted by molar-refractivity contribution is 4.87. The van der Waals surface area contributed by atoms with Crippen LogP contribution in [0.5, 0.6) is 0 Å². The van der Waals surface area contributed by atoms with Gasteiger partial charge >= 0.3 is 0 Å². The highest BCUT2D eigenvalue weighted by Crippen LogP contribution is 2.29. The van der Waals surface area contributed by atoms with Gasteiger partial charge in [0.15, 0.2) is 0 Å². The smallest absolute Gasteiger partial charge is 0.0107 e. The second-order valence-corrected chi connectivity index (χ2v) is 6.92. The molecule has 0 amide bonds. The molecule has 1 N–H and O–H groups in total. The quantitative estimate of drug-likeness (QED) is 0.809. The summed E-state index contributed by atoms with van der Waals surface area (Å²) in [6.07, 6.45) is 6.98. The summed E-state index contributed by atoms with van der Waals surface area (Å²) in [5, 5.41) is 3.77. The molecular formula is C16H32N2. The minimum atomic E-state index is 0.803. The number of hydrogen-bond donors (Lipinski definition) is 1. The predicted octanol–water partition coefficient (Wildman–Crippen LogP) is 3.13. The van der Waals surface area contributed by atoms with Gasteiger partial charge in [-0.25, -0.2) is 0 Å². The summed E-state index contributed by atoms with van der Waals surface area (Å²) in [5.41, 5.74) is 0. The van der Waals surface area contributed by atoms with Gasteiger partial charge in [-0.2, -0.15) is 0 Å². The van der Waals surface area contributed by atoms with Gasteiger partial charge < -0.3 is 10.2 Å². The maximum Gasteiger partial charge on any atom is 0.0107 e. The van der Waals surface area contributed by atoms with Crippen LogP contribution in [0.1, 0.15) is 52.9 Å². The van der Waals surface area contributed by atoms with Crippen LogP contribution in [0.2, 0.25) is 0 Å². The molecule has 2 aliphatic rings. The van der Waals surface area contributed by atoms with Gasteiger partial charge in [0.25, 0.3) is 0 Å². The largest absolute Gasteiger partial charge is 0.314 e. The van der Waals surface area contributed by atoms with E-state index in [0.29, 0.717) is 0 Å². The Morgan fingerprint density at radius 3 is 2.50 bits per heavy atom. The third-order valence-electron chi connectivity index (χ3n) is 4.75. The van der Waals surface area contributed by atoms with Crippen LogP contribution in [0.25, 0.3) is 0 Å². The van der Waals surface area contributed by atoms with E-state index >= 15 is 0 Å². The summed E-state index contributed by atoms with van der Waals surface area (Å²) in [6.45, 7) is 12.3. The van der Waals surface area contributed by atoms with Gasteiger partial charge in [-0.05, 0) is 50.0 Å². The Hall–Kier alpha value is -0.0800. The molecule has 106 valence electrons. The monoisotopic (exact) mass is 252 g/mol. The number of piperidine rings is 1. The summed E-state index contributed by atoms with van der Waals surface area (Å²) in [4.78, 5) is 2.75. The number of nitrogens with one attached hydrogen (secondary N) is 1. The first-order valence-corrected chi connectivity index (χ1v) is 8.14. The van der Waals surface area contributed by atoms with Crippen molar-refractivity contribution in [3.8, 4) is 0 Å². The first-order chi connectivity index (χ1) is 8.69. The molecule has 2 rings (SSSR count). The molecule has 1 saturated heterocycles. The van der Waals surface area contributed by atoms with Crippen molar-refractivity contribution in [1.29, 1.82) is 0 Å². The summed E-state index contributed by atoms with van der Waals surface area (Å²) in [5.74, 6) is 2.71. The number of nitrogens with zero attached hydrogens (tertiary/aromatic N) is 1. The third-order valence-corrected chi connectivity index (χ3v) is 4.75. The molecule has 2 heteroatoms. The van der Waals surface area contributed by atoms with Crippen LogP contribution in [-0.4, -0.2) is 37.1 Å². The van der Waals surface area contributed by atoms with E-state index in [-0.39, 0.29) is 0 Å². The van der Waals surface area contributed by atoms with Crippen LogP contribution >= 0.6 is 0 Å². The van der Waals surface area contributed by atoms with E-state index in [4.69, 9.17) is 0 Å². The van der Waals surface area contributed by atoms with Gasteiger partial charge in [-0.1, -0.05) is 27.2 Å². The van der Waals surface area contributed by atoms with Crippen LogP contribution in [-0.2, 0) is 0 Å². The molecule has 1 saturated carbocycles. The third kappa shape index (κ3) is 3.96. The highest BCUT2D eigenvalue weighted by Gasteiger charge is 2.30. The Bertz CT molecular complexity index is 231. The van der Waals surface area contributed by atoms with Crippen molar-refractivity contribution in [3.05, 3.63) is 0 Å². The molecule has 1 aliphatic heterocycles. The molecule has 0 bridgehead atoms. The van der Waals surface area contributed by atoms with Gasteiger partial charge in [0.05, 0.1) is 0 Å². The summed E-state index contributed by atoms with van der Waals surface area (Å²) in [6, 6.07) is 0.803. The highest BCUT2D eigenvalue weighted by atomic mass is 15.1. The molecular weight excluding hydrogens is 220 g/mol. The Morgan fingerprint density at radius 1 is 1.11 bits per heavy atom. The summed E-state index contributed by atoms with van der Waals surface area (Å²) >= 11 is 0. The topological polar surface area (TPSA) is 15.3 Å². The zero-order valence-electron chi connectivity index (χ0n) is 12.6. The van der Waals surface area contributed by atoms with Crippen molar-refractivity contribution < 1.29 is 0 Å². The van der Waals surface area contributed by atoms with Crippen molar-refractivity contribution >= 4 is 0 Å². The molecule has 0 aromatic carbocycles. The zero-order chi connectivity index (χ0) is 13.0. The van der Waals surface area contributed by atoms with E-state index in [1.165, 1.54) is 58.3 Å². The minimum Gasteiger partial charge on any atom is -0.314 e. The van der Waals surface area contributed by atoms with Gasteiger partial charge in [-0.15, -0.1) is 0 Å². The van der Waals surface area contributed by atoms with E-state index in [1.54, 1.807) is 0 Å². The van der Waals surface area contributed by atoms with Crippen molar-refractivity contribution in [2.45, 2.75) is 58.9 Å². The molecule has 4 unspecified atom stereocenters. The summed E-state index contributed by atoms with van der Waals surface area (Å²) in [7, 11) is 0. The maximum absolute atomic E-state index is 3.77. The van der Waals surface area contributed by atoms with Gasteiger partial charge in [0.1, 0.15) is 0 Å². The van der Waals surface area contributed by atoms with Gasteiger partial charge in [-0.3, -0.25) is 0 Å². The number of hydrogen-bond acceptors (Lipinski definition) is 2. The van der Waals surface area contributed by atoms with Crippen LogP contribution in [0.3, 0.4) is 0 Å². The molecule has 18 heavy (non-hydrogen) atoms. The first kappa shape index (κ1) is 14.3. The number of likely N-dealkylation sites (tertiary alicyclic amines) is 1. The Labute approximate surface area is 114 Å². The van der Waals surface area contributed by atoms with E-state index in [1.807, 2.05) is 0 Å². The average Bonchev–Trinajstić information content (AvgIpc) is 2.72. The van der Waals surface area contributed by atoms with Crippen molar-refractivity contribution in [3.63, 3.8) is 0 Å². The predicted molar refractivity (Wildman–Crippen MR) is 78.8 cm³/mol. The minimum absolute atomic E-state index is 0.803. The first-order valence-electron chi connectivity index (χ1n) is 8.14. The van der Waals surface area contributed by atoms with Gasteiger partial charge in [0, 0.05) is 25.7 Å². The van der Waals surface area contributed by atoms with Crippen molar-refractivity contribution in [2.75, 3.05) is 26.2 Å². The Morgan fingerprint density at radius 2 is 1.83 bits per heavy atom. The molecule has 0 aromatic heterocycles. The molecule has 1 aliphatic carbocycles. The lowest BCUT2D eigenvalue weighted by molar-refractivity contribution is 0.116. The van der Waals surface area contributed by atoms with Crippen LogP contribution < -0.4 is 5.32 Å². The zero-order valence-corrected chi connectivity index (χ0v) is 12.6. The molecule has 1 heterocycles. The average molecular weight is 252 g/mol. The fourth-order valence-corrected chi connectivity index (χ4v) is 4.13. The molecule has 0 aromatic rings. The van der Waals surface area contributed by atoms with E-state index in [0.717, 1.165) is 23.8 Å². The second-order valence-electron chi connectivity index (χ2n) is 6.92. The maximum atomic E-state index is 3.77. The van der Waals surface area contributed by atoms with Crippen LogP contribution in [0, 0.1) is 17.8 Å². The Kier molecular flexibility index (Phi) is 5.50. The van der Waals surface area contributed by atoms with Crippen LogP contribution in [0.4, 0.5) is 0 Å². The lowest BCUT2D eigenvalue weighted by Gasteiger charge is -2.37. The fourth-order valence-electron chi connectivity index (χ4n) is 4.13. The fraction of sp³-hybridized carbons (Fsp3) is 1.00. The molecule has 0 radical (unpaired) electrons. The van der Waals surface area contributed by atoms with Crippen molar-refractivity contribution in [1.82, 2.24) is 10.2 Å². The lowest BCUT2D eigenvalue weighted by Crippen LogP contribution is -2.45. The molecule has 2 fully saturated rings. The van der Waals surface area contributed by atoms with Crippen molar-refractivity contribution in [2.24, 2.45) is 17.8 Å². The van der Waals surface area contributed by atoms with E-state index in [9.17, 15) is 0 Å². The van der Waals surface area contributed by atoms with Gasteiger partial charge in [0.2, 0.25) is 0 Å².